The fourth-order valence-electron chi connectivity index (χ4n) is 1.80. The van der Waals surface area contributed by atoms with E-state index in [1.807, 2.05) is 0 Å². The molecule has 0 aliphatic rings. The number of hydrogen-bond donors (Lipinski definition) is 2. The molecule has 0 fully saturated rings. The van der Waals surface area contributed by atoms with Crippen LogP contribution in [0.15, 0.2) is 36.7 Å². The molecule has 0 spiro atoms. The second-order valence-corrected chi connectivity index (χ2v) is 4.01. The smallest absolute Gasteiger partial charge is 0.271 e. The first-order valence-electron chi connectivity index (χ1n) is 5.53. The third-order valence-corrected chi connectivity index (χ3v) is 2.74. The van der Waals surface area contributed by atoms with Crippen molar-refractivity contribution in [2.24, 2.45) is 5.84 Å². The minimum absolute atomic E-state index is 0.256. The monoisotopic (exact) mass is 286 g/mol. The molecule has 1 atom stereocenters. The summed E-state index contributed by atoms with van der Waals surface area (Å²) in [7, 11) is 0. The molecule has 0 amide bonds. The van der Waals surface area contributed by atoms with Crippen molar-refractivity contribution in [3.8, 4) is 0 Å². The minimum Gasteiger partial charge on any atom is -0.271 e. The Bertz CT molecular complexity index is 586. The number of aromatic nitrogens is 2. The van der Waals surface area contributed by atoms with Crippen LogP contribution in [-0.2, 0) is 6.18 Å². The molecule has 0 radical (unpaired) electrons. The normalized spacial score (nSPS) is 13.2. The Kier molecular flexibility index (Phi) is 3.96. The SMILES string of the molecule is NNC(c1ccnnc1)c1ccc(C(F)(F)F)c(F)c1. The third-order valence-electron chi connectivity index (χ3n) is 2.74. The summed E-state index contributed by atoms with van der Waals surface area (Å²) < 4.78 is 51.0. The molecule has 1 aromatic carbocycles. The van der Waals surface area contributed by atoms with Gasteiger partial charge in [0.25, 0.3) is 0 Å². The number of hydrogen-bond acceptors (Lipinski definition) is 4. The number of nitrogens with two attached hydrogens (primary N) is 1. The van der Waals surface area contributed by atoms with Gasteiger partial charge in [-0.15, -0.1) is 0 Å². The van der Waals surface area contributed by atoms with E-state index in [0.29, 0.717) is 11.6 Å². The first-order chi connectivity index (χ1) is 9.43. The van der Waals surface area contributed by atoms with Gasteiger partial charge in [0.05, 0.1) is 17.8 Å². The predicted molar refractivity (Wildman–Crippen MR) is 62.6 cm³/mol. The van der Waals surface area contributed by atoms with Crippen molar-refractivity contribution in [1.82, 2.24) is 15.6 Å². The zero-order chi connectivity index (χ0) is 14.8. The van der Waals surface area contributed by atoms with Crippen molar-refractivity contribution in [2.75, 3.05) is 0 Å². The van der Waals surface area contributed by atoms with Crippen LogP contribution in [0.5, 0.6) is 0 Å². The van der Waals surface area contributed by atoms with Gasteiger partial charge in [-0.25, -0.2) is 9.82 Å². The van der Waals surface area contributed by atoms with Crippen molar-refractivity contribution in [1.29, 1.82) is 0 Å². The van der Waals surface area contributed by atoms with Crippen LogP contribution < -0.4 is 11.3 Å². The van der Waals surface area contributed by atoms with Crippen molar-refractivity contribution < 1.29 is 17.6 Å². The lowest BCUT2D eigenvalue weighted by Gasteiger charge is -2.17. The fourth-order valence-corrected chi connectivity index (χ4v) is 1.80. The molecule has 1 aromatic heterocycles. The van der Waals surface area contributed by atoms with Gasteiger partial charge in [0.2, 0.25) is 0 Å². The molecular weight excluding hydrogens is 276 g/mol. The van der Waals surface area contributed by atoms with Gasteiger partial charge in [-0.05, 0) is 29.3 Å². The van der Waals surface area contributed by atoms with Crippen LogP contribution >= 0.6 is 0 Å². The number of benzene rings is 1. The number of nitrogens with zero attached hydrogens (tertiary/aromatic N) is 2. The van der Waals surface area contributed by atoms with Gasteiger partial charge in [0.15, 0.2) is 0 Å². The van der Waals surface area contributed by atoms with Crippen LogP contribution in [0.3, 0.4) is 0 Å². The minimum atomic E-state index is -4.73. The highest BCUT2D eigenvalue weighted by molar-refractivity contribution is 5.33. The fraction of sp³-hybridized carbons (Fsp3) is 0.167. The number of rotatable bonds is 3. The van der Waals surface area contributed by atoms with Gasteiger partial charge < -0.3 is 0 Å². The largest absolute Gasteiger partial charge is 0.419 e. The quantitative estimate of drug-likeness (QED) is 0.516. The number of nitrogens with one attached hydrogen (secondary N) is 1. The second-order valence-electron chi connectivity index (χ2n) is 4.01. The molecule has 1 heterocycles. The van der Waals surface area contributed by atoms with Gasteiger partial charge in [-0.2, -0.15) is 23.4 Å². The Balaban J connectivity index is 2.40. The van der Waals surface area contributed by atoms with Crippen molar-refractivity contribution in [3.05, 3.63) is 59.2 Å². The molecule has 20 heavy (non-hydrogen) atoms. The lowest BCUT2D eigenvalue weighted by molar-refractivity contribution is -0.140. The number of hydrazine groups is 1. The highest BCUT2D eigenvalue weighted by Crippen LogP contribution is 2.33. The molecular formula is C12H10F4N4. The Morgan fingerprint density at radius 1 is 1.10 bits per heavy atom. The van der Waals surface area contributed by atoms with E-state index >= 15 is 0 Å². The van der Waals surface area contributed by atoms with Gasteiger partial charge in [0.1, 0.15) is 5.82 Å². The summed E-state index contributed by atoms with van der Waals surface area (Å²) >= 11 is 0. The first-order valence-corrected chi connectivity index (χ1v) is 5.53. The highest BCUT2D eigenvalue weighted by Gasteiger charge is 2.34. The molecule has 2 rings (SSSR count). The van der Waals surface area contributed by atoms with Crippen molar-refractivity contribution in [2.45, 2.75) is 12.2 Å². The van der Waals surface area contributed by atoms with Gasteiger partial charge in [-0.1, -0.05) is 6.07 Å². The van der Waals surface area contributed by atoms with Crippen LogP contribution in [0.25, 0.3) is 0 Å². The van der Waals surface area contributed by atoms with E-state index in [1.165, 1.54) is 12.4 Å². The van der Waals surface area contributed by atoms with Gasteiger partial charge in [0, 0.05) is 6.20 Å². The van der Waals surface area contributed by atoms with Crippen LogP contribution in [-0.4, -0.2) is 10.2 Å². The van der Waals surface area contributed by atoms with Gasteiger partial charge in [-0.3, -0.25) is 5.84 Å². The predicted octanol–water partition coefficient (Wildman–Crippen LogP) is 2.19. The Morgan fingerprint density at radius 2 is 1.85 bits per heavy atom. The van der Waals surface area contributed by atoms with Crippen LogP contribution in [0.2, 0.25) is 0 Å². The summed E-state index contributed by atoms with van der Waals surface area (Å²) in [6.45, 7) is 0. The number of alkyl halides is 3. The van der Waals surface area contributed by atoms with E-state index < -0.39 is 23.6 Å². The molecule has 0 aliphatic heterocycles. The molecule has 0 saturated heterocycles. The maximum absolute atomic E-state index is 13.5. The molecule has 4 nitrogen and oxygen atoms in total. The Morgan fingerprint density at radius 3 is 2.35 bits per heavy atom. The molecule has 0 aliphatic carbocycles. The van der Waals surface area contributed by atoms with Crippen molar-refractivity contribution >= 4 is 0 Å². The lowest BCUT2D eigenvalue weighted by atomic mass is 9.99. The van der Waals surface area contributed by atoms with Crippen LogP contribution in [0.4, 0.5) is 17.6 Å². The maximum atomic E-state index is 13.5. The van der Waals surface area contributed by atoms with Crippen LogP contribution in [0.1, 0.15) is 22.7 Å². The summed E-state index contributed by atoms with van der Waals surface area (Å²) in [6.07, 6.45) is -1.94. The molecule has 1 unspecified atom stereocenters. The average molecular weight is 286 g/mol. The molecule has 8 heteroatoms. The summed E-state index contributed by atoms with van der Waals surface area (Å²) in [5.41, 5.74) is 1.90. The van der Waals surface area contributed by atoms with E-state index in [4.69, 9.17) is 5.84 Å². The Hall–Kier alpha value is -2.06. The summed E-state index contributed by atoms with van der Waals surface area (Å²) in [5, 5.41) is 7.22. The van der Waals surface area contributed by atoms with E-state index in [0.717, 1.165) is 12.1 Å². The van der Waals surface area contributed by atoms with E-state index in [9.17, 15) is 17.6 Å². The topological polar surface area (TPSA) is 63.8 Å². The zero-order valence-corrected chi connectivity index (χ0v) is 10.0. The Labute approximate surface area is 111 Å². The van der Waals surface area contributed by atoms with E-state index in [-0.39, 0.29) is 5.56 Å². The average Bonchev–Trinajstić information content (AvgIpc) is 2.39. The van der Waals surface area contributed by atoms with Gasteiger partial charge >= 0.3 is 6.18 Å². The third kappa shape index (κ3) is 2.91. The standard InChI is InChI=1S/C12H10F4N4/c13-10-5-7(1-2-9(10)12(14,15)16)11(20-17)8-3-4-18-19-6-8/h1-6,11,20H,17H2. The van der Waals surface area contributed by atoms with Crippen LogP contribution in [0, 0.1) is 5.82 Å². The molecule has 106 valence electrons. The lowest BCUT2D eigenvalue weighted by Crippen LogP contribution is -2.29. The summed E-state index contributed by atoms with van der Waals surface area (Å²) in [6, 6.07) is 3.55. The number of halogens is 4. The second kappa shape index (κ2) is 5.51. The molecule has 0 saturated carbocycles. The zero-order valence-electron chi connectivity index (χ0n) is 10.0. The van der Waals surface area contributed by atoms with E-state index in [1.54, 1.807) is 6.07 Å². The summed E-state index contributed by atoms with van der Waals surface area (Å²) in [5.74, 6) is 4.02. The summed E-state index contributed by atoms with van der Waals surface area (Å²) in [4.78, 5) is 0. The molecule has 3 N–H and O–H groups in total. The molecule has 2 aromatic rings. The first kappa shape index (κ1) is 14.4. The highest BCUT2D eigenvalue weighted by atomic mass is 19.4. The van der Waals surface area contributed by atoms with Crippen molar-refractivity contribution in [3.63, 3.8) is 0 Å². The van der Waals surface area contributed by atoms with E-state index in [2.05, 4.69) is 15.6 Å². The molecule has 0 bridgehead atoms. The maximum Gasteiger partial charge on any atom is 0.419 e.